The van der Waals surface area contributed by atoms with Crippen molar-refractivity contribution in [2.24, 2.45) is 17.3 Å². The second-order valence-electron chi connectivity index (χ2n) is 8.76. The van der Waals surface area contributed by atoms with Crippen molar-refractivity contribution < 1.29 is 28.6 Å². The Morgan fingerprint density at radius 2 is 1.87 bits per heavy atom. The molecule has 4 atom stereocenters. The molecule has 1 fully saturated rings. The van der Waals surface area contributed by atoms with Crippen LogP contribution in [0.1, 0.15) is 33.6 Å². The number of hydrogen-bond acceptors (Lipinski definition) is 6. The fourth-order valence-corrected chi connectivity index (χ4v) is 4.10. The van der Waals surface area contributed by atoms with Gasteiger partial charge in [0, 0.05) is 12.5 Å². The van der Waals surface area contributed by atoms with Crippen LogP contribution in [0.2, 0.25) is 0 Å². The van der Waals surface area contributed by atoms with Gasteiger partial charge in [-0.3, -0.25) is 4.79 Å². The van der Waals surface area contributed by atoms with Crippen LogP contribution in [0.25, 0.3) is 0 Å². The van der Waals surface area contributed by atoms with Crippen LogP contribution in [0.4, 0.5) is 4.79 Å². The lowest BCUT2D eigenvalue weighted by atomic mass is 9.78. The van der Waals surface area contributed by atoms with Crippen LogP contribution in [0.5, 0.6) is 0 Å². The predicted molar refractivity (Wildman–Crippen MR) is 111 cm³/mol. The van der Waals surface area contributed by atoms with Crippen LogP contribution < -0.4 is 5.32 Å². The second-order valence-corrected chi connectivity index (χ2v) is 8.76. The molecule has 30 heavy (non-hydrogen) atoms. The van der Waals surface area contributed by atoms with Crippen molar-refractivity contribution in [3.8, 4) is 0 Å². The van der Waals surface area contributed by atoms with E-state index >= 15 is 0 Å². The summed E-state index contributed by atoms with van der Waals surface area (Å²) in [5, 5.41) is 2.61. The van der Waals surface area contributed by atoms with Gasteiger partial charge in [-0.15, -0.1) is 0 Å². The number of esters is 1. The van der Waals surface area contributed by atoms with E-state index in [9.17, 15) is 14.4 Å². The average Bonchev–Trinajstić information content (AvgIpc) is 3.14. The molecule has 1 unspecified atom stereocenters. The van der Waals surface area contributed by atoms with E-state index in [0.29, 0.717) is 24.9 Å². The topological polar surface area (TPSA) is 94.2 Å². The van der Waals surface area contributed by atoms with Crippen molar-refractivity contribution in [1.29, 1.82) is 0 Å². The maximum atomic E-state index is 13.5. The summed E-state index contributed by atoms with van der Waals surface area (Å²) in [6.45, 7) is 5.86. The fourth-order valence-electron chi connectivity index (χ4n) is 4.10. The van der Waals surface area contributed by atoms with Gasteiger partial charge in [-0.1, -0.05) is 32.3 Å². The first kappa shape index (κ1) is 23.8. The van der Waals surface area contributed by atoms with E-state index in [0.717, 1.165) is 5.76 Å². The predicted octanol–water partition coefficient (Wildman–Crippen LogP) is 1.75. The molecule has 0 aromatic carbocycles. The molecule has 9 heteroatoms. The molecule has 1 aliphatic heterocycles. The Labute approximate surface area is 179 Å². The number of amides is 2. The van der Waals surface area contributed by atoms with E-state index < -0.39 is 29.6 Å². The Bertz CT molecular complexity index is 742. The van der Waals surface area contributed by atoms with Crippen molar-refractivity contribution in [2.45, 2.75) is 45.7 Å². The second kappa shape index (κ2) is 9.58. The molecule has 1 heterocycles. The lowest BCUT2D eigenvalue weighted by molar-refractivity contribution is -0.152. The van der Waals surface area contributed by atoms with Gasteiger partial charge in [-0.05, 0) is 30.3 Å². The number of allylic oxidation sites excluding steroid dienone is 4. The van der Waals surface area contributed by atoms with E-state index in [1.54, 1.807) is 13.2 Å². The van der Waals surface area contributed by atoms with E-state index in [2.05, 4.69) is 10.1 Å². The quantitative estimate of drug-likeness (QED) is 0.540. The van der Waals surface area contributed by atoms with Gasteiger partial charge in [0.05, 0.1) is 27.1 Å². The van der Waals surface area contributed by atoms with Gasteiger partial charge in [0.2, 0.25) is 5.91 Å². The van der Waals surface area contributed by atoms with Crippen LogP contribution in [-0.2, 0) is 23.8 Å². The van der Waals surface area contributed by atoms with Crippen LogP contribution in [-0.4, -0.2) is 70.7 Å². The molecule has 2 radical (unpaired) electrons. The first-order valence-electron chi connectivity index (χ1n) is 9.97. The molecule has 0 aromatic heterocycles. The highest BCUT2D eigenvalue weighted by Gasteiger charge is 2.47. The minimum absolute atomic E-state index is 0.00564. The van der Waals surface area contributed by atoms with E-state index in [1.165, 1.54) is 19.1 Å². The molecular weight excluding hydrogens is 387 g/mol. The number of nitrogens with one attached hydrogen (secondary N) is 1. The van der Waals surface area contributed by atoms with E-state index in [4.69, 9.17) is 17.3 Å². The van der Waals surface area contributed by atoms with Gasteiger partial charge in [-0.2, -0.15) is 0 Å². The van der Waals surface area contributed by atoms with Gasteiger partial charge in [-0.25, -0.2) is 9.59 Å². The summed E-state index contributed by atoms with van der Waals surface area (Å²) < 4.78 is 15.2. The first-order chi connectivity index (χ1) is 14.0. The molecule has 0 bridgehead atoms. The highest BCUT2D eigenvalue weighted by atomic mass is 16.5. The Kier molecular flexibility index (Phi) is 7.61. The SMILES string of the molecule is [B]C1=CCC([C@@H]2C[C@@H](C(=O)OC)N(C(=O)[C@@H](NC(=O)OC)C(C)(C)C)C2)C(OC)=C1. The summed E-state index contributed by atoms with van der Waals surface area (Å²) in [5.41, 5.74) is 0.0394. The summed E-state index contributed by atoms with van der Waals surface area (Å²) in [6, 6.07) is -1.60. The minimum Gasteiger partial charge on any atom is -0.501 e. The molecule has 164 valence electrons. The molecule has 0 saturated carbocycles. The zero-order valence-electron chi connectivity index (χ0n) is 18.6. The Morgan fingerprint density at radius 1 is 1.20 bits per heavy atom. The third-order valence-corrected chi connectivity index (χ3v) is 5.74. The van der Waals surface area contributed by atoms with Crippen molar-refractivity contribution in [3.63, 3.8) is 0 Å². The smallest absolute Gasteiger partial charge is 0.407 e. The third kappa shape index (κ3) is 5.18. The Hall–Kier alpha value is -2.45. The highest BCUT2D eigenvalue weighted by Crippen LogP contribution is 2.39. The molecule has 2 amide bonds. The number of likely N-dealkylation sites (tertiary alicyclic amines) is 1. The lowest BCUT2D eigenvalue weighted by Crippen LogP contribution is -2.56. The zero-order chi connectivity index (χ0) is 22.6. The number of rotatable bonds is 5. The number of methoxy groups -OCH3 is 3. The fraction of sp³-hybridized carbons (Fsp3) is 0.667. The molecule has 2 rings (SSSR count). The number of carbonyl (C=O) groups is 3. The van der Waals surface area contributed by atoms with Crippen molar-refractivity contribution >= 4 is 25.8 Å². The maximum Gasteiger partial charge on any atom is 0.407 e. The largest absolute Gasteiger partial charge is 0.501 e. The summed E-state index contributed by atoms with van der Waals surface area (Å²) in [4.78, 5) is 39.3. The van der Waals surface area contributed by atoms with Crippen molar-refractivity contribution in [1.82, 2.24) is 10.2 Å². The van der Waals surface area contributed by atoms with Crippen LogP contribution in [0.15, 0.2) is 23.4 Å². The molecule has 1 aliphatic carbocycles. The molecule has 8 nitrogen and oxygen atoms in total. The monoisotopic (exact) mass is 418 g/mol. The first-order valence-corrected chi connectivity index (χ1v) is 9.97. The molecule has 0 aromatic rings. The Morgan fingerprint density at radius 3 is 2.40 bits per heavy atom. The summed E-state index contributed by atoms with van der Waals surface area (Å²) in [5.74, 6) is -0.121. The molecule has 1 saturated heterocycles. The maximum absolute atomic E-state index is 13.5. The summed E-state index contributed by atoms with van der Waals surface area (Å²) in [7, 11) is 10.0. The van der Waals surface area contributed by atoms with Crippen molar-refractivity contribution in [3.05, 3.63) is 23.4 Å². The summed E-state index contributed by atoms with van der Waals surface area (Å²) >= 11 is 0. The van der Waals surface area contributed by atoms with Gasteiger partial charge >= 0.3 is 12.1 Å². The number of alkyl carbamates (subject to hydrolysis) is 1. The normalized spacial score (nSPS) is 25.0. The van der Waals surface area contributed by atoms with Gasteiger partial charge in [0.15, 0.2) is 0 Å². The van der Waals surface area contributed by atoms with Gasteiger partial charge < -0.3 is 24.4 Å². The summed E-state index contributed by atoms with van der Waals surface area (Å²) in [6.07, 6.45) is 4.09. The number of carbonyl (C=O) groups excluding carboxylic acids is 3. The van der Waals surface area contributed by atoms with E-state index in [-0.39, 0.29) is 17.7 Å². The number of ether oxygens (including phenoxy) is 3. The van der Waals surface area contributed by atoms with Crippen molar-refractivity contribution in [2.75, 3.05) is 27.9 Å². The highest BCUT2D eigenvalue weighted by molar-refractivity contribution is 6.23. The van der Waals surface area contributed by atoms with Gasteiger partial charge in [0.25, 0.3) is 0 Å². The Balaban J connectivity index is 2.32. The lowest BCUT2D eigenvalue weighted by Gasteiger charge is -2.35. The number of nitrogens with zero attached hydrogens (tertiary/aromatic N) is 1. The average molecular weight is 418 g/mol. The molecule has 1 N–H and O–H groups in total. The molecule has 2 aliphatic rings. The van der Waals surface area contributed by atoms with Crippen LogP contribution in [0, 0.1) is 17.3 Å². The van der Waals surface area contributed by atoms with Gasteiger partial charge in [0.1, 0.15) is 19.9 Å². The third-order valence-electron chi connectivity index (χ3n) is 5.74. The zero-order valence-corrected chi connectivity index (χ0v) is 18.6. The van der Waals surface area contributed by atoms with Crippen LogP contribution >= 0.6 is 0 Å². The molecular formula is C21H31BN2O6. The molecule has 0 spiro atoms. The number of hydrogen-bond donors (Lipinski definition) is 1. The van der Waals surface area contributed by atoms with Crippen LogP contribution in [0.3, 0.4) is 0 Å². The standard InChI is InChI=1S/C21H31BN2O6/c1-21(2,3)17(23-20(27)30-6)18(25)24-11-12(9-15(24)19(26)29-5)14-8-7-13(22)10-16(14)28-4/h7,10,12,14-15,17H,8-9,11H2,1-6H3,(H,23,27)/t12-,14?,15+,17-/m1/s1. The van der Waals surface area contributed by atoms with E-state index in [1.807, 2.05) is 26.8 Å². The minimum atomic E-state index is -0.866.